The molecule has 1 aliphatic heterocycles. The van der Waals surface area contributed by atoms with Crippen LogP contribution in [0.4, 0.5) is 0 Å². The standard InChI is InChI=1S/C16H21NO4/c1-11-6-4-5-7-14(11)12(2)17(20-3)15(18)8-13-9-16(19)21-10-13/h4-7,12-13H,8-10H2,1-3H3. The van der Waals surface area contributed by atoms with Gasteiger partial charge in [0.25, 0.3) is 0 Å². The number of cyclic esters (lactones) is 1. The van der Waals surface area contributed by atoms with E-state index in [9.17, 15) is 9.59 Å². The van der Waals surface area contributed by atoms with Crippen molar-refractivity contribution < 1.29 is 19.2 Å². The minimum absolute atomic E-state index is 0.0493. The lowest BCUT2D eigenvalue weighted by Gasteiger charge is -2.28. The van der Waals surface area contributed by atoms with E-state index in [0.29, 0.717) is 13.0 Å². The van der Waals surface area contributed by atoms with Crippen molar-refractivity contribution in [3.05, 3.63) is 35.4 Å². The number of rotatable bonds is 5. The third-order valence-electron chi connectivity index (χ3n) is 3.83. The van der Waals surface area contributed by atoms with E-state index >= 15 is 0 Å². The molecule has 2 rings (SSSR count). The maximum Gasteiger partial charge on any atom is 0.306 e. The molecule has 21 heavy (non-hydrogen) atoms. The summed E-state index contributed by atoms with van der Waals surface area (Å²) in [5.74, 6) is -0.410. The van der Waals surface area contributed by atoms with Crippen molar-refractivity contribution in [1.29, 1.82) is 0 Å². The number of benzene rings is 1. The summed E-state index contributed by atoms with van der Waals surface area (Å²) in [5, 5.41) is 1.38. The van der Waals surface area contributed by atoms with Gasteiger partial charge in [-0.2, -0.15) is 0 Å². The molecule has 1 heterocycles. The molecule has 2 atom stereocenters. The Bertz CT molecular complexity index is 529. The fraction of sp³-hybridized carbons (Fsp3) is 0.500. The van der Waals surface area contributed by atoms with Crippen LogP contribution < -0.4 is 0 Å². The van der Waals surface area contributed by atoms with Crippen molar-refractivity contribution in [1.82, 2.24) is 5.06 Å². The highest BCUT2D eigenvalue weighted by Gasteiger charge is 2.30. The smallest absolute Gasteiger partial charge is 0.306 e. The number of ether oxygens (including phenoxy) is 1. The molecule has 0 radical (unpaired) electrons. The summed E-state index contributed by atoms with van der Waals surface area (Å²) in [6.45, 7) is 4.26. The zero-order valence-corrected chi connectivity index (χ0v) is 12.7. The van der Waals surface area contributed by atoms with E-state index in [1.807, 2.05) is 38.1 Å². The highest BCUT2D eigenvalue weighted by atomic mass is 16.7. The average Bonchev–Trinajstić information content (AvgIpc) is 2.85. The van der Waals surface area contributed by atoms with Crippen molar-refractivity contribution in [2.45, 2.75) is 32.7 Å². The summed E-state index contributed by atoms with van der Waals surface area (Å²) < 4.78 is 4.89. The predicted octanol–water partition coefficient (Wildman–Crippen LogP) is 2.40. The maximum absolute atomic E-state index is 12.4. The van der Waals surface area contributed by atoms with Crippen molar-refractivity contribution in [3.63, 3.8) is 0 Å². The van der Waals surface area contributed by atoms with E-state index in [1.54, 1.807) is 0 Å². The van der Waals surface area contributed by atoms with Crippen LogP contribution in [0, 0.1) is 12.8 Å². The predicted molar refractivity (Wildman–Crippen MR) is 77.1 cm³/mol. The van der Waals surface area contributed by atoms with Crippen LogP contribution in [-0.4, -0.2) is 30.7 Å². The largest absolute Gasteiger partial charge is 0.465 e. The van der Waals surface area contributed by atoms with E-state index in [1.165, 1.54) is 12.2 Å². The molecular weight excluding hydrogens is 270 g/mol. The molecule has 1 aliphatic rings. The van der Waals surface area contributed by atoms with E-state index < -0.39 is 0 Å². The third kappa shape index (κ3) is 3.61. The summed E-state index contributed by atoms with van der Waals surface area (Å²) >= 11 is 0. The second-order valence-electron chi connectivity index (χ2n) is 5.39. The van der Waals surface area contributed by atoms with Gasteiger partial charge in [0.1, 0.15) is 0 Å². The third-order valence-corrected chi connectivity index (χ3v) is 3.83. The van der Waals surface area contributed by atoms with Crippen LogP contribution in [0.15, 0.2) is 24.3 Å². The Balaban J connectivity index is 2.06. The Morgan fingerprint density at radius 1 is 1.48 bits per heavy atom. The van der Waals surface area contributed by atoms with Crippen molar-refractivity contribution in [2.75, 3.05) is 13.7 Å². The summed E-state index contributed by atoms with van der Waals surface area (Å²) in [5.41, 5.74) is 2.16. The fourth-order valence-corrected chi connectivity index (χ4v) is 2.69. The second kappa shape index (κ2) is 6.72. The number of amides is 1. The molecule has 1 aromatic rings. The van der Waals surface area contributed by atoms with Gasteiger partial charge in [0.2, 0.25) is 5.91 Å². The van der Waals surface area contributed by atoms with Gasteiger partial charge in [-0.1, -0.05) is 24.3 Å². The molecule has 114 valence electrons. The van der Waals surface area contributed by atoms with Gasteiger partial charge in [0.05, 0.1) is 26.2 Å². The number of nitrogens with zero attached hydrogens (tertiary/aromatic N) is 1. The second-order valence-corrected chi connectivity index (χ2v) is 5.39. The van der Waals surface area contributed by atoms with Gasteiger partial charge in [0, 0.05) is 12.3 Å². The highest BCUT2D eigenvalue weighted by Crippen LogP contribution is 2.26. The van der Waals surface area contributed by atoms with Crippen LogP contribution in [0.1, 0.15) is 36.9 Å². The van der Waals surface area contributed by atoms with Crippen LogP contribution in [0.3, 0.4) is 0 Å². The first-order valence-corrected chi connectivity index (χ1v) is 7.10. The Morgan fingerprint density at radius 2 is 2.19 bits per heavy atom. The SMILES string of the molecule is CON(C(=O)CC1COC(=O)C1)C(C)c1ccccc1C. The number of hydrogen-bond donors (Lipinski definition) is 0. The molecule has 1 amide bonds. The first kappa shape index (κ1) is 15.5. The lowest BCUT2D eigenvalue weighted by molar-refractivity contribution is -0.188. The van der Waals surface area contributed by atoms with Gasteiger partial charge < -0.3 is 4.74 Å². The van der Waals surface area contributed by atoms with Crippen molar-refractivity contribution in [2.24, 2.45) is 5.92 Å². The zero-order chi connectivity index (χ0) is 15.4. The number of carbonyl (C=O) groups excluding carboxylic acids is 2. The summed E-state index contributed by atoms with van der Waals surface area (Å²) in [6, 6.07) is 7.73. The minimum Gasteiger partial charge on any atom is -0.465 e. The lowest BCUT2D eigenvalue weighted by Crippen LogP contribution is -2.34. The number of aryl methyl sites for hydroxylation is 1. The number of hydrogen-bond acceptors (Lipinski definition) is 4. The van der Waals surface area contributed by atoms with E-state index in [0.717, 1.165) is 11.1 Å². The van der Waals surface area contributed by atoms with E-state index in [-0.39, 0.29) is 30.3 Å². The molecule has 0 aromatic heterocycles. The van der Waals surface area contributed by atoms with Crippen LogP contribution in [0.5, 0.6) is 0 Å². The molecule has 1 aromatic carbocycles. The topological polar surface area (TPSA) is 55.8 Å². The van der Waals surface area contributed by atoms with Gasteiger partial charge in [-0.15, -0.1) is 0 Å². The van der Waals surface area contributed by atoms with E-state index in [2.05, 4.69) is 0 Å². The quantitative estimate of drug-likeness (QED) is 0.617. The zero-order valence-electron chi connectivity index (χ0n) is 12.7. The Morgan fingerprint density at radius 3 is 2.76 bits per heavy atom. The molecule has 1 fully saturated rings. The Kier molecular flexibility index (Phi) is 4.96. The molecule has 0 N–H and O–H groups in total. The molecule has 1 saturated heterocycles. The van der Waals surface area contributed by atoms with Crippen LogP contribution in [0.2, 0.25) is 0 Å². The first-order chi connectivity index (χ1) is 10.0. The van der Waals surface area contributed by atoms with Gasteiger partial charge >= 0.3 is 5.97 Å². The maximum atomic E-state index is 12.4. The van der Waals surface area contributed by atoms with Crippen LogP contribution in [0.25, 0.3) is 0 Å². The fourth-order valence-electron chi connectivity index (χ4n) is 2.69. The number of esters is 1. The highest BCUT2D eigenvalue weighted by molar-refractivity contribution is 5.78. The summed E-state index contributed by atoms with van der Waals surface area (Å²) in [6.07, 6.45) is 0.567. The first-order valence-electron chi connectivity index (χ1n) is 7.10. The van der Waals surface area contributed by atoms with Crippen LogP contribution >= 0.6 is 0 Å². The number of carbonyl (C=O) groups is 2. The molecule has 0 aliphatic carbocycles. The Hall–Kier alpha value is -1.88. The average molecular weight is 291 g/mol. The van der Waals surface area contributed by atoms with Crippen molar-refractivity contribution >= 4 is 11.9 Å². The Labute approximate surface area is 124 Å². The molecule has 0 bridgehead atoms. The van der Waals surface area contributed by atoms with E-state index in [4.69, 9.17) is 9.57 Å². The van der Waals surface area contributed by atoms with Crippen LogP contribution in [-0.2, 0) is 19.2 Å². The van der Waals surface area contributed by atoms with Crippen molar-refractivity contribution in [3.8, 4) is 0 Å². The van der Waals surface area contributed by atoms with Gasteiger partial charge in [-0.05, 0) is 25.0 Å². The summed E-state index contributed by atoms with van der Waals surface area (Å²) in [7, 11) is 1.49. The molecule has 5 heteroatoms. The summed E-state index contributed by atoms with van der Waals surface area (Å²) in [4.78, 5) is 28.8. The minimum atomic E-state index is -0.233. The molecule has 5 nitrogen and oxygen atoms in total. The number of hydroxylamine groups is 2. The van der Waals surface area contributed by atoms with Gasteiger partial charge in [-0.25, -0.2) is 5.06 Å². The molecule has 2 unspecified atom stereocenters. The molecule has 0 saturated carbocycles. The monoisotopic (exact) mass is 291 g/mol. The van der Waals surface area contributed by atoms with Gasteiger partial charge in [-0.3, -0.25) is 14.4 Å². The molecular formula is C16H21NO4. The van der Waals surface area contributed by atoms with Gasteiger partial charge in [0.15, 0.2) is 0 Å². The molecule has 0 spiro atoms. The normalized spacial score (nSPS) is 19.2. The lowest BCUT2D eigenvalue weighted by atomic mass is 10.0.